The van der Waals surface area contributed by atoms with Crippen LogP contribution < -0.4 is 0 Å². The standard InChI is InChI=1S/C7H9NOS/c1-5-8-6(4-10-5)7(9)2-3-7/h4,9H,2-3H2,1H3. The zero-order valence-electron chi connectivity index (χ0n) is 5.79. The Hall–Kier alpha value is -0.410. The molecule has 1 saturated carbocycles. The molecule has 1 aromatic rings. The lowest BCUT2D eigenvalue weighted by molar-refractivity contribution is 0.147. The van der Waals surface area contributed by atoms with Crippen LogP contribution in [0.25, 0.3) is 0 Å². The summed E-state index contributed by atoms with van der Waals surface area (Å²) in [6, 6.07) is 0. The van der Waals surface area contributed by atoms with Gasteiger partial charge in [0, 0.05) is 5.38 Å². The van der Waals surface area contributed by atoms with Crippen molar-refractivity contribution in [2.24, 2.45) is 0 Å². The van der Waals surface area contributed by atoms with Crippen LogP contribution in [0.1, 0.15) is 23.5 Å². The molecule has 0 amide bonds. The second-order valence-corrected chi connectivity index (χ2v) is 3.85. The minimum absolute atomic E-state index is 0.537. The van der Waals surface area contributed by atoms with Crippen LogP contribution in [0.4, 0.5) is 0 Å². The monoisotopic (exact) mass is 155 g/mol. The predicted molar refractivity (Wildman–Crippen MR) is 40.0 cm³/mol. The van der Waals surface area contributed by atoms with Gasteiger partial charge >= 0.3 is 0 Å². The van der Waals surface area contributed by atoms with E-state index < -0.39 is 5.60 Å². The highest BCUT2D eigenvalue weighted by atomic mass is 32.1. The molecule has 0 atom stereocenters. The lowest BCUT2D eigenvalue weighted by Gasteiger charge is -1.99. The first-order valence-corrected chi connectivity index (χ1v) is 4.24. The fourth-order valence-electron chi connectivity index (χ4n) is 0.952. The van der Waals surface area contributed by atoms with Gasteiger partial charge in [0.25, 0.3) is 0 Å². The van der Waals surface area contributed by atoms with Gasteiger partial charge in [0.1, 0.15) is 5.60 Å². The lowest BCUT2D eigenvalue weighted by Crippen LogP contribution is -2.03. The van der Waals surface area contributed by atoms with Crippen molar-refractivity contribution in [3.8, 4) is 0 Å². The molecule has 0 aromatic carbocycles. The third kappa shape index (κ3) is 0.859. The smallest absolute Gasteiger partial charge is 0.108 e. The molecule has 0 spiro atoms. The SMILES string of the molecule is Cc1nc(C2(O)CC2)cs1. The number of hydrogen-bond acceptors (Lipinski definition) is 3. The van der Waals surface area contributed by atoms with E-state index in [1.807, 2.05) is 12.3 Å². The second-order valence-electron chi connectivity index (χ2n) is 2.78. The molecular weight excluding hydrogens is 146 g/mol. The summed E-state index contributed by atoms with van der Waals surface area (Å²) in [6.45, 7) is 1.96. The summed E-state index contributed by atoms with van der Waals surface area (Å²) < 4.78 is 0. The molecule has 0 aliphatic heterocycles. The molecule has 0 unspecified atom stereocenters. The Morgan fingerprint density at radius 2 is 2.40 bits per heavy atom. The van der Waals surface area contributed by atoms with Crippen molar-refractivity contribution in [3.05, 3.63) is 16.1 Å². The Morgan fingerprint density at radius 3 is 2.80 bits per heavy atom. The van der Waals surface area contributed by atoms with Crippen LogP contribution in [0.15, 0.2) is 5.38 Å². The predicted octanol–water partition coefficient (Wildman–Crippen LogP) is 1.43. The van der Waals surface area contributed by atoms with E-state index in [0.29, 0.717) is 0 Å². The molecule has 1 aromatic heterocycles. The summed E-state index contributed by atoms with van der Waals surface area (Å²) in [5.41, 5.74) is 0.333. The van der Waals surface area contributed by atoms with Gasteiger partial charge in [-0.3, -0.25) is 0 Å². The normalized spacial score (nSPS) is 21.0. The van der Waals surface area contributed by atoms with Gasteiger partial charge in [0.2, 0.25) is 0 Å². The molecule has 1 aliphatic carbocycles. The van der Waals surface area contributed by atoms with Gasteiger partial charge in [-0.15, -0.1) is 11.3 Å². The van der Waals surface area contributed by atoms with E-state index in [9.17, 15) is 5.11 Å². The zero-order chi connectivity index (χ0) is 7.19. The number of aromatic nitrogens is 1. The molecule has 1 fully saturated rings. The minimum Gasteiger partial charge on any atom is -0.384 e. The van der Waals surface area contributed by atoms with Crippen LogP contribution >= 0.6 is 11.3 Å². The third-order valence-electron chi connectivity index (χ3n) is 1.82. The van der Waals surface area contributed by atoms with Gasteiger partial charge in [0.05, 0.1) is 10.7 Å². The van der Waals surface area contributed by atoms with E-state index in [-0.39, 0.29) is 0 Å². The fraction of sp³-hybridized carbons (Fsp3) is 0.571. The maximum absolute atomic E-state index is 9.56. The number of aliphatic hydroxyl groups is 1. The summed E-state index contributed by atoms with van der Waals surface area (Å²) in [5.74, 6) is 0. The summed E-state index contributed by atoms with van der Waals surface area (Å²) >= 11 is 1.60. The molecule has 54 valence electrons. The largest absolute Gasteiger partial charge is 0.384 e. The summed E-state index contributed by atoms with van der Waals surface area (Å²) in [6.07, 6.45) is 1.77. The Morgan fingerprint density at radius 1 is 1.70 bits per heavy atom. The highest BCUT2D eigenvalue weighted by molar-refractivity contribution is 7.09. The van der Waals surface area contributed by atoms with Gasteiger partial charge < -0.3 is 5.11 Å². The first-order chi connectivity index (χ1) is 4.71. The number of aryl methyl sites for hydroxylation is 1. The van der Waals surface area contributed by atoms with Crippen LogP contribution in [0.2, 0.25) is 0 Å². The van der Waals surface area contributed by atoms with Crippen molar-refractivity contribution >= 4 is 11.3 Å². The van der Waals surface area contributed by atoms with Crippen molar-refractivity contribution in [3.63, 3.8) is 0 Å². The molecule has 3 heteroatoms. The fourth-order valence-corrected chi connectivity index (χ4v) is 1.66. The summed E-state index contributed by atoms with van der Waals surface area (Å²) in [5, 5.41) is 12.5. The molecule has 10 heavy (non-hydrogen) atoms. The van der Waals surface area contributed by atoms with Crippen LogP contribution in [0.3, 0.4) is 0 Å². The number of thiazole rings is 1. The highest BCUT2D eigenvalue weighted by Crippen LogP contribution is 2.45. The van der Waals surface area contributed by atoms with E-state index in [0.717, 1.165) is 23.5 Å². The van der Waals surface area contributed by atoms with Crippen LogP contribution in [-0.2, 0) is 5.60 Å². The quantitative estimate of drug-likeness (QED) is 0.665. The molecule has 0 bridgehead atoms. The Kier molecular flexibility index (Phi) is 1.13. The topological polar surface area (TPSA) is 33.1 Å². The molecule has 2 nitrogen and oxygen atoms in total. The molecule has 1 heterocycles. The first-order valence-electron chi connectivity index (χ1n) is 3.36. The minimum atomic E-state index is -0.537. The van der Waals surface area contributed by atoms with E-state index in [4.69, 9.17) is 0 Å². The van der Waals surface area contributed by atoms with Crippen LogP contribution in [0, 0.1) is 6.92 Å². The van der Waals surface area contributed by atoms with Gasteiger partial charge in [0.15, 0.2) is 0 Å². The van der Waals surface area contributed by atoms with Crippen molar-refractivity contribution in [2.45, 2.75) is 25.4 Å². The van der Waals surface area contributed by atoms with Crippen LogP contribution in [0.5, 0.6) is 0 Å². The maximum Gasteiger partial charge on any atom is 0.108 e. The maximum atomic E-state index is 9.56. The zero-order valence-corrected chi connectivity index (χ0v) is 6.61. The van der Waals surface area contributed by atoms with E-state index >= 15 is 0 Å². The van der Waals surface area contributed by atoms with E-state index in [2.05, 4.69) is 4.98 Å². The van der Waals surface area contributed by atoms with E-state index in [1.54, 1.807) is 11.3 Å². The Balaban J connectivity index is 2.34. The number of rotatable bonds is 1. The number of hydrogen-bond donors (Lipinski definition) is 1. The first kappa shape index (κ1) is 6.31. The molecule has 1 aliphatic rings. The second kappa shape index (κ2) is 1.80. The van der Waals surface area contributed by atoms with Gasteiger partial charge in [-0.05, 0) is 19.8 Å². The molecule has 1 N–H and O–H groups in total. The molecule has 2 rings (SSSR count). The summed E-state index contributed by atoms with van der Waals surface area (Å²) in [4.78, 5) is 4.21. The molecule has 0 radical (unpaired) electrons. The summed E-state index contributed by atoms with van der Waals surface area (Å²) in [7, 11) is 0. The third-order valence-corrected chi connectivity index (χ3v) is 2.59. The highest BCUT2D eigenvalue weighted by Gasteiger charge is 2.44. The van der Waals surface area contributed by atoms with E-state index in [1.165, 1.54) is 0 Å². The van der Waals surface area contributed by atoms with Crippen molar-refractivity contribution in [2.75, 3.05) is 0 Å². The van der Waals surface area contributed by atoms with Crippen molar-refractivity contribution in [1.82, 2.24) is 4.98 Å². The van der Waals surface area contributed by atoms with Crippen molar-refractivity contribution in [1.29, 1.82) is 0 Å². The Labute approximate surface area is 63.5 Å². The average Bonchev–Trinajstić information content (AvgIpc) is 2.45. The van der Waals surface area contributed by atoms with Gasteiger partial charge in [-0.25, -0.2) is 4.98 Å². The van der Waals surface area contributed by atoms with Crippen molar-refractivity contribution < 1.29 is 5.11 Å². The van der Waals surface area contributed by atoms with Crippen LogP contribution in [-0.4, -0.2) is 10.1 Å². The molecule has 0 saturated heterocycles. The number of nitrogens with zero attached hydrogens (tertiary/aromatic N) is 1. The Bertz CT molecular complexity index is 252. The molecular formula is C7H9NOS. The average molecular weight is 155 g/mol. The lowest BCUT2D eigenvalue weighted by atomic mass is 10.3. The van der Waals surface area contributed by atoms with Gasteiger partial charge in [-0.1, -0.05) is 0 Å². The van der Waals surface area contributed by atoms with Gasteiger partial charge in [-0.2, -0.15) is 0 Å².